The first kappa shape index (κ1) is 12.1. The van der Waals surface area contributed by atoms with Crippen LogP contribution in [0, 0.1) is 0 Å². The Kier molecular flexibility index (Phi) is 4.71. The van der Waals surface area contributed by atoms with Gasteiger partial charge >= 0.3 is 5.97 Å². The average molecular weight is 273 g/mol. The van der Waals surface area contributed by atoms with Crippen LogP contribution in [-0.4, -0.2) is 18.1 Å². The highest BCUT2D eigenvalue weighted by atomic mass is 79.9. The SMILES string of the molecule is COC(=O)CCC(N)c1ccncc1Br. The highest BCUT2D eigenvalue weighted by Gasteiger charge is 2.11. The predicted molar refractivity (Wildman–Crippen MR) is 60.1 cm³/mol. The monoisotopic (exact) mass is 272 g/mol. The second-order valence-corrected chi connectivity index (χ2v) is 3.97. The van der Waals surface area contributed by atoms with Gasteiger partial charge in [-0.1, -0.05) is 0 Å². The maximum absolute atomic E-state index is 10.9. The van der Waals surface area contributed by atoms with Crippen LogP contribution in [0.2, 0.25) is 0 Å². The molecule has 0 fully saturated rings. The van der Waals surface area contributed by atoms with Gasteiger partial charge in [-0.05, 0) is 34.0 Å². The first-order valence-electron chi connectivity index (χ1n) is 4.57. The first-order valence-corrected chi connectivity index (χ1v) is 5.36. The second-order valence-electron chi connectivity index (χ2n) is 3.12. The summed E-state index contributed by atoms with van der Waals surface area (Å²) in [5.74, 6) is -0.240. The number of nitrogens with two attached hydrogens (primary N) is 1. The summed E-state index contributed by atoms with van der Waals surface area (Å²) in [6.07, 6.45) is 4.26. The van der Waals surface area contributed by atoms with Crippen LogP contribution in [-0.2, 0) is 9.53 Å². The molecule has 15 heavy (non-hydrogen) atoms. The molecule has 0 aliphatic carbocycles. The molecule has 1 rings (SSSR count). The van der Waals surface area contributed by atoms with Crippen molar-refractivity contribution in [2.45, 2.75) is 18.9 Å². The normalized spacial score (nSPS) is 12.2. The van der Waals surface area contributed by atoms with E-state index in [9.17, 15) is 4.79 Å². The smallest absolute Gasteiger partial charge is 0.305 e. The van der Waals surface area contributed by atoms with E-state index in [0.717, 1.165) is 10.0 Å². The zero-order chi connectivity index (χ0) is 11.3. The molecule has 0 aromatic carbocycles. The molecule has 82 valence electrons. The van der Waals surface area contributed by atoms with Crippen molar-refractivity contribution in [1.82, 2.24) is 4.98 Å². The third-order valence-electron chi connectivity index (χ3n) is 2.09. The van der Waals surface area contributed by atoms with Crippen LogP contribution in [0.3, 0.4) is 0 Å². The number of carbonyl (C=O) groups excluding carboxylic acids is 1. The zero-order valence-corrected chi connectivity index (χ0v) is 10.0. The Bertz CT molecular complexity index is 344. The van der Waals surface area contributed by atoms with E-state index in [1.54, 1.807) is 12.4 Å². The van der Waals surface area contributed by atoms with Crippen molar-refractivity contribution in [2.75, 3.05) is 7.11 Å². The van der Waals surface area contributed by atoms with E-state index in [2.05, 4.69) is 25.7 Å². The number of methoxy groups -OCH3 is 1. The number of esters is 1. The van der Waals surface area contributed by atoms with E-state index in [4.69, 9.17) is 5.73 Å². The summed E-state index contributed by atoms with van der Waals surface area (Å²) < 4.78 is 5.41. The molecule has 0 aliphatic heterocycles. The number of aromatic nitrogens is 1. The number of rotatable bonds is 4. The van der Waals surface area contributed by atoms with Gasteiger partial charge < -0.3 is 10.5 Å². The van der Waals surface area contributed by atoms with Gasteiger partial charge in [0.15, 0.2) is 0 Å². The van der Waals surface area contributed by atoms with Gasteiger partial charge in [-0.2, -0.15) is 0 Å². The van der Waals surface area contributed by atoms with Crippen LogP contribution < -0.4 is 5.73 Å². The minimum absolute atomic E-state index is 0.179. The Morgan fingerprint density at radius 3 is 3.07 bits per heavy atom. The summed E-state index contributed by atoms with van der Waals surface area (Å²) in [6.45, 7) is 0. The number of ether oxygens (including phenoxy) is 1. The molecule has 0 bridgehead atoms. The highest BCUT2D eigenvalue weighted by molar-refractivity contribution is 9.10. The molecule has 0 saturated carbocycles. The molecule has 0 spiro atoms. The van der Waals surface area contributed by atoms with Gasteiger partial charge in [-0.25, -0.2) is 0 Å². The molecule has 4 nitrogen and oxygen atoms in total. The average Bonchev–Trinajstić information content (AvgIpc) is 2.26. The Hall–Kier alpha value is -0.940. The van der Waals surface area contributed by atoms with Crippen LogP contribution in [0.1, 0.15) is 24.4 Å². The lowest BCUT2D eigenvalue weighted by atomic mass is 10.0. The lowest BCUT2D eigenvalue weighted by molar-refractivity contribution is -0.140. The minimum Gasteiger partial charge on any atom is -0.469 e. The summed E-state index contributed by atoms with van der Waals surface area (Å²) in [4.78, 5) is 14.9. The molecular formula is C10H13BrN2O2. The van der Waals surface area contributed by atoms with E-state index in [0.29, 0.717) is 12.8 Å². The van der Waals surface area contributed by atoms with Crippen molar-refractivity contribution in [3.05, 3.63) is 28.5 Å². The summed E-state index contributed by atoms with van der Waals surface area (Å²) in [5, 5.41) is 0. The Labute approximate surface area is 97.0 Å². The van der Waals surface area contributed by atoms with Gasteiger partial charge in [-0.15, -0.1) is 0 Å². The molecule has 5 heteroatoms. The van der Waals surface area contributed by atoms with Crippen molar-refractivity contribution in [1.29, 1.82) is 0 Å². The third-order valence-corrected chi connectivity index (χ3v) is 2.75. The summed E-state index contributed by atoms with van der Waals surface area (Å²) >= 11 is 3.36. The fraction of sp³-hybridized carbons (Fsp3) is 0.400. The van der Waals surface area contributed by atoms with E-state index in [1.165, 1.54) is 7.11 Å². The predicted octanol–water partition coefficient (Wildman–Crippen LogP) is 1.80. The molecule has 0 aliphatic rings. The summed E-state index contributed by atoms with van der Waals surface area (Å²) in [5.41, 5.74) is 6.89. The quantitative estimate of drug-likeness (QED) is 0.849. The Morgan fingerprint density at radius 1 is 1.73 bits per heavy atom. The largest absolute Gasteiger partial charge is 0.469 e. The summed E-state index contributed by atoms with van der Waals surface area (Å²) in [6, 6.07) is 1.66. The van der Waals surface area contributed by atoms with Gasteiger partial charge in [0.2, 0.25) is 0 Å². The molecular weight excluding hydrogens is 260 g/mol. The van der Waals surface area contributed by atoms with E-state index in [-0.39, 0.29) is 12.0 Å². The number of pyridine rings is 1. The van der Waals surface area contributed by atoms with Crippen molar-refractivity contribution >= 4 is 21.9 Å². The standard InChI is InChI=1S/C10H13BrN2O2/c1-15-10(14)3-2-9(12)7-4-5-13-6-8(7)11/h4-6,9H,2-3,12H2,1H3. The molecule has 2 N–H and O–H groups in total. The third kappa shape index (κ3) is 3.60. The number of halogens is 1. The van der Waals surface area contributed by atoms with Crippen LogP contribution in [0.4, 0.5) is 0 Å². The number of hydrogen-bond donors (Lipinski definition) is 1. The lowest BCUT2D eigenvalue weighted by Gasteiger charge is -2.12. The summed E-state index contributed by atoms with van der Waals surface area (Å²) in [7, 11) is 1.37. The van der Waals surface area contributed by atoms with Crippen LogP contribution in [0.25, 0.3) is 0 Å². The van der Waals surface area contributed by atoms with Crippen LogP contribution >= 0.6 is 15.9 Å². The maximum atomic E-state index is 10.9. The van der Waals surface area contributed by atoms with E-state index >= 15 is 0 Å². The van der Waals surface area contributed by atoms with Crippen molar-refractivity contribution in [3.8, 4) is 0 Å². The number of hydrogen-bond acceptors (Lipinski definition) is 4. The van der Waals surface area contributed by atoms with E-state index < -0.39 is 0 Å². The zero-order valence-electron chi connectivity index (χ0n) is 8.44. The second kappa shape index (κ2) is 5.82. The first-order chi connectivity index (χ1) is 7.15. The molecule has 1 unspecified atom stereocenters. The molecule has 1 atom stereocenters. The molecule has 0 radical (unpaired) electrons. The van der Waals surface area contributed by atoms with E-state index in [1.807, 2.05) is 6.07 Å². The molecule has 1 heterocycles. The maximum Gasteiger partial charge on any atom is 0.305 e. The van der Waals surface area contributed by atoms with Crippen molar-refractivity contribution < 1.29 is 9.53 Å². The van der Waals surface area contributed by atoms with Crippen LogP contribution in [0.15, 0.2) is 22.9 Å². The number of nitrogens with zero attached hydrogens (tertiary/aromatic N) is 1. The van der Waals surface area contributed by atoms with Gasteiger partial charge in [0.25, 0.3) is 0 Å². The molecule has 1 aromatic rings. The topological polar surface area (TPSA) is 65.2 Å². The Balaban J connectivity index is 2.57. The van der Waals surface area contributed by atoms with Gasteiger partial charge in [-0.3, -0.25) is 9.78 Å². The lowest BCUT2D eigenvalue weighted by Crippen LogP contribution is -2.13. The minimum atomic E-state index is -0.240. The van der Waals surface area contributed by atoms with Gasteiger partial charge in [0.1, 0.15) is 0 Å². The highest BCUT2D eigenvalue weighted by Crippen LogP contribution is 2.23. The number of carbonyl (C=O) groups is 1. The van der Waals surface area contributed by atoms with Crippen LogP contribution in [0.5, 0.6) is 0 Å². The Morgan fingerprint density at radius 2 is 2.47 bits per heavy atom. The molecule has 0 saturated heterocycles. The van der Waals surface area contributed by atoms with Gasteiger partial charge in [0, 0.05) is 29.3 Å². The molecule has 1 aromatic heterocycles. The fourth-order valence-corrected chi connectivity index (χ4v) is 1.76. The van der Waals surface area contributed by atoms with Crippen molar-refractivity contribution in [3.63, 3.8) is 0 Å². The van der Waals surface area contributed by atoms with Gasteiger partial charge in [0.05, 0.1) is 7.11 Å². The fourth-order valence-electron chi connectivity index (χ4n) is 1.22. The van der Waals surface area contributed by atoms with Crippen molar-refractivity contribution in [2.24, 2.45) is 5.73 Å². The molecule has 0 amide bonds.